The van der Waals surface area contributed by atoms with Gasteiger partial charge in [-0.25, -0.2) is 9.10 Å². The summed E-state index contributed by atoms with van der Waals surface area (Å²) in [6.45, 7) is 7.11. The van der Waals surface area contributed by atoms with E-state index in [4.69, 9.17) is 4.74 Å². The van der Waals surface area contributed by atoms with Crippen LogP contribution in [0.1, 0.15) is 75.1 Å². The summed E-state index contributed by atoms with van der Waals surface area (Å²) in [4.78, 5) is 15.0. The van der Waals surface area contributed by atoms with Crippen LogP contribution in [0.2, 0.25) is 0 Å². The van der Waals surface area contributed by atoms with Crippen molar-refractivity contribution in [1.82, 2.24) is 9.21 Å². The predicted octanol–water partition coefficient (Wildman–Crippen LogP) is 4.62. The SMILES string of the molecule is C[C@@H](c1ccc(C2CCN(S(=O)[O-])CC2)cc1)N1CCC(CC(C)(C)O)(c2ccccc2)OC1=O. The molecule has 1 amide bonds. The highest BCUT2D eigenvalue weighted by molar-refractivity contribution is 7.76. The van der Waals surface area contributed by atoms with Gasteiger partial charge < -0.3 is 19.3 Å². The van der Waals surface area contributed by atoms with Crippen LogP contribution in [0.25, 0.3) is 0 Å². The van der Waals surface area contributed by atoms with E-state index in [1.54, 1.807) is 18.7 Å². The number of carbonyl (C=O) groups excluding carboxylic acids is 1. The summed E-state index contributed by atoms with van der Waals surface area (Å²) in [5.41, 5.74) is 1.28. The number of benzene rings is 2. The van der Waals surface area contributed by atoms with Crippen molar-refractivity contribution in [1.29, 1.82) is 0 Å². The minimum Gasteiger partial charge on any atom is -0.760 e. The Balaban J connectivity index is 1.45. The average Bonchev–Trinajstić information content (AvgIpc) is 2.83. The van der Waals surface area contributed by atoms with E-state index >= 15 is 0 Å². The molecule has 0 aliphatic carbocycles. The van der Waals surface area contributed by atoms with Gasteiger partial charge in [0.25, 0.3) is 0 Å². The van der Waals surface area contributed by atoms with Gasteiger partial charge in [-0.3, -0.25) is 4.21 Å². The van der Waals surface area contributed by atoms with E-state index in [1.807, 2.05) is 37.3 Å². The monoisotopic (exact) mass is 499 g/mol. The van der Waals surface area contributed by atoms with E-state index in [9.17, 15) is 18.7 Å². The Morgan fingerprint density at radius 2 is 1.74 bits per heavy atom. The largest absolute Gasteiger partial charge is 0.760 e. The zero-order valence-corrected chi connectivity index (χ0v) is 21.5. The summed E-state index contributed by atoms with van der Waals surface area (Å²) < 4.78 is 29.9. The molecule has 7 nitrogen and oxygen atoms in total. The normalized spacial score (nSPS) is 24.1. The summed E-state index contributed by atoms with van der Waals surface area (Å²) in [6.07, 6.45) is 2.16. The summed E-state index contributed by atoms with van der Waals surface area (Å²) in [5, 5.41) is 10.6. The Labute approximate surface area is 210 Å². The number of hydrogen-bond acceptors (Lipinski definition) is 5. The van der Waals surface area contributed by atoms with Gasteiger partial charge in [-0.2, -0.15) is 0 Å². The standard InChI is InChI=1S/C27H36N2O5S/c1-20(21-9-11-22(12-10-21)23-13-16-28(17-14-23)35(32)33)29-18-15-27(34-25(29)30,19-26(2,3)31)24-7-5-4-6-8-24/h4-12,20,23,31H,13-19H2,1-3H3,(H,32,33)/p-1/t20-,27?/m0/s1. The third kappa shape index (κ3) is 5.94. The lowest BCUT2D eigenvalue weighted by molar-refractivity contribution is -0.101. The minimum atomic E-state index is -2.14. The number of nitrogens with zero attached hydrogens (tertiary/aromatic N) is 2. The first-order chi connectivity index (χ1) is 16.6. The minimum absolute atomic E-state index is 0.155. The number of aliphatic hydroxyl groups is 1. The first-order valence-corrected chi connectivity index (χ1v) is 13.3. The quantitative estimate of drug-likeness (QED) is 0.561. The third-order valence-electron chi connectivity index (χ3n) is 7.31. The molecule has 4 rings (SSSR count). The Morgan fingerprint density at radius 1 is 1.11 bits per heavy atom. The summed E-state index contributed by atoms with van der Waals surface area (Å²) in [7, 11) is 0. The van der Waals surface area contributed by atoms with Crippen LogP contribution >= 0.6 is 0 Å². The van der Waals surface area contributed by atoms with E-state index in [1.165, 1.54) is 9.87 Å². The van der Waals surface area contributed by atoms with Gasteiger partial charge in [-0.05, 0) is 56.2 Å². The molecule has 0 saturated carbocycles. The van der Waals surface area contributed by atoms with Crippen LogP contribution in [-0.2, 0) is 21.6 Å². The molecule has 1 N–H and O–H groups in total. The lowest BCUT2D eigenvalue weighted by atomic mass is 9.80. The van der Waals surface area contributed by atoms with Crippen molar-refractivity contribution in [3.8, 4) is 0 Å². The second-order valence-electron chi connectivity index (χ2n) is 10.4. The van der Waals surface area contributed by atoms with Crippen molar-refractivity contribution < 1.29 is 23.4 Å². The van der Waals surface area contributed by atoms with Gasteiger partial charge in [0.15, 0.2) is 0 Å². The highest BCUT2D eigenvalue weighted by atomic mass is 32.2. The number of rotatable bonds is 7. The molecule has 2 aromatic rings. The molecule has 2 aliphatic heterocycles. The molecule has 2 fully saturated rings. The van der Waals surface area contributed by atoms with Crippen LogP contribution in [0.5, 0.6) is 0 Å². The zero-order chi connectivity index (χ0) is 25.2. The number of cyclic esters (lactones) is 1. The van der Waals surface area contributed by atoms with Crippen molar-refractivity contribution in [2.75, 3.05) is 19.6 Å². The molecule has 0 radical (unpaired) electrons. The molecule has 35 heavy (non-hydrogen) atoms. The van der Waals surface area contributed by atoms with Crippen molar-refractivity contribution in [2.45, 2.75) is 69.6 Å². The highest BCUT2D eigenvalue weighted by Crippen LogP contribution is 2.42. The van der Waals surface area contributed by atoms with Crippen molar-refractivity contribution in [3.63, 3.8) is 0 Å². The maximum Gasteiger partial charge on any atom is 0.411 e. The molecular weight excluding hydrogens is 464 g/mol. The molecule has 2 aliphatic rings. The van der Waals surface area contributed by atoms with Crippen LogP contribution in [0.15, 0.2) is 54.6 Å². The van der Waals surface area contributed by atoms with Crippen molar-refractivity contribution in [2.24, 2.45) is 0 Å². The van der Waals surface area contributed by atoms with Gasteiger partial charge in [0.2, 0.25) is 0 Å². The molecule has 2 heterocycles. The predicted molar refractivity (Wildman–Crippen MR) is 134 cm³/mol. The Kier molecular flexibility index (Phi) is 7.66. The van der Waals surface area contributed by atoms with E-state index in [2.05, 4.69) is 24.3 Å². The Hall–Kier alpha value is -2.26. The second-order valence-corrected chi connectivity index (χ2v) is 11.4. The van der Waals surface area contributed by atoms with E-state index in [-0.39, 0.29) is 12.1 Å². The van der Waals surface area contributed by atoms with Crippen LogP contribution in [-0.4, -0.2) is 54.4 Å². The Morgan fingerprint density at radius 3 is 2.29 bits per heavy atom. The fourth-order valence-electron chi connectivity index (χ4n) is 5.46. The molecule has 0 bridgehead atoms. The molecule has 2 unspecified atom stereocenters. The third-order valence-corrected chi connectivity index (χ3v) is 8.10. The lowest BCUT2D eigenvalue weighted by Crippen LogP contribution is -2.51. The Bertz CT molecular complexity index is 1030. The number of amides is 1. The van der Waals surface area contributed by atoms with Gasteiger partial charge >= 0.3 is 6.09 Å². The van der Waals surface area contributed by atoms with E-state index < -0.39 is 22.5 Å². The molecular formula is C27H35N2O5S-. The van der Waals surface area contributed by atoms with E-state index in [0.717, 1.165) is 24.0 Å². The molecule has 2 saturated heterocycles. The molecule has 8 heteroatoms. The van der Waals surface area contributed by atoms with Gasteiger partial charge in [-0.15, -0.1) is 0 Å². The van der Waals surface area contributed by atoms with Crippen LogP contribution < -0.4 is 0 Å². The van der Waals surface area contributed by atoms with Crippen LogP contribution in [0.3, 0.4) is 0 Å². The van der Waals surface area contributed by atoms with Gasteiger partial charge in [0, 0.05) is 43.7 Å². The van der Waals surface area contributed by atoms with Crippen molar-refractivity contribution in [3.05, 3.63) is 71.3 Å². The maximum absolute atomic E-state index is 13.3. The van der Waals surface area contributed by atoms with Crippen molar-refractivity contribution >= 4 is 17.4 Å². The smallest absolute Gasteiger partial charge is 0.411 e. The van der Waals surface area contributed by atoms with Gasteiger partial charge in [-0.1, -0.05) is 54.6 Å². The van der Waals surface area contributed by atoms with E-state index in [0.29, 0.717) is 38.4 Å². The summed E-state index contributed by atoms with van der Waals surface area (Å²) in [5.74, 6) is 0.340. The number of carbonyl (C=O) groups is 1. The topological polar surface area (TPSA) is 93.1 Å². The fraction of sp³-hybridized carbons (Fsp3) is 0.519. The molecule has 190 valence electrons. The molecule has 2 aromatic carbocycles. The molecule has 0 aromatic heterocycles. The van der Waals surface area contributed by atoms with Gasteiger partial charge in [0.05, 0.1) is 11.6 Å². The molecule has 3 atom stereocenters. The highest BCUT2D eigenvalue weighted by Gasteiger charge is 2.46. The average molecular weight is 500 g/mol. The lowest BCUT2D eigenvalue weighted by Gasteiger charge is -2.45. The second kappa shape index (κ2) is 10.4. The maximum atomic E-state index is 13.3. The first kappa shape index (κ1) is 25.8. The number of hydrogen-bond donors (Lipinski definition) is 1. The fourth-order valence-corrected chi connectivity index (χ4v) is 5.97. The van der Waals surface area contributed by atoms with Crippen LogP contribution in [0, 0.1) is 0 Å². The number of ether oxygens (including phenoxy) is 1. The summed E-state index contributed by atoms with van der Waals surface area (Å²) >= 11 is -2.14. The number of piperidine rings is 1. The van der Waals surface area contributed by atoms with Crippen LogP contribution in [0.4, 0.5) is 4.79 Å². The zero-order valence-electron chi connectivity index (χ0n) is 20.7. The molecule has 0 spiro atoms. The summed E-state index contributed by atoms with van der Waals surface area (Å²) in [6, 6.07) is 17.8. The first-order valence-electron chi connectivity index (χ1n) is 12.3. The van der Waals surface area contributed by atoms with Gasteiger partial charge in [0.1, 0.15) is 5.60 Å².